The molecule has 32 heavy (non-hydrogen) atoms. The van der Waals surface area contributed by atoms with Gasteiger partial charge in [-0.05, 0) is 22.6 Å². The van der Waals surface area contributed by atoms with Crippen LogP contribution in [-0.4, -0.2) is 14.8 Å². The molecule has 0 spiro atoms. The first kappa shape index (κ1) is 20.3. The molecule has 4 aromatic carbocycles. The number of fused-ring (bicyclic) bond motifs is 1. The summed E-state index contributed by atoms with van der Waals surface area (Å²) >= 11 is 1.70. The van der Waals surface area contributed by atoms with E-state index in [1.165, 1.54) is 11.1 Å². The Bertz CT molecular complexity index is 1300. The minimum Gasteiger partial charge on any atom is -0.485 e. The summed E-state index contributed by atoms with van der Waals surface area (Å²) in [7, 11) is 0. The number of thioether (sulfide) groups is 1. The van der Waals surface area contributed by atoms with Gasteiger partial charge in [-0.1, -0.05) is 109 Å². The van der Waals surface area contributed by atoms with Crippen LogP contribution in [0.2, 0.25) is 0 Å². The molecule has 0 bridgehead atoms. The third kappa shape index (κ3) is 4.68. The van der Waals surface area contributed by atoms with Crippen molar-refractivity contribution in [1.82, 2.24) is 14.8 Å². The predicted molar refractivity (Wildman–Crippen MR) is 130 cm³/mol. The van der Waals surface area contributed by atoms with Gasteiger partial charge in [0, 0.05) is 11.1 Å². The second kappa shape index (κ2) is 9.71. The molecule has 0 saturated carbocycles. The van der Waals surface area contributed by atoms with Crippen LogP contribution in [0.4, 0.5) is 0 Å². The van der Waals surface area contributed by atoms with Crippen molar-refractivity contribution < 1.29 is 4.74 Å². The molecule has 0 amide bonds. The lowest BCUT2D eigenvalue weighted by atomic mass is 10.1. The van der Waals surface area contributed by atoms with Gasteiger partial charge >= 0.3 is 0 Å². The van der Waals surface area contributed by atoms with Crippen molar-refractivity contribution in [1.29, 1.82) is 0 Å². The van der Waals surface area contributed by atoms with E-state index in [-0.39, 0.29) is 0 Å². The SMILES string of the molecule is c1ccc(CSc2nnc(COc3cccc4ccccc34)n2Cc2ccccc2)cc1. The van der Waals surface area contributed by atoms with Crippen molar-refractivity contribution in [3.8, 4) is 5.75 Å². The molecule has 1 aromatic heterocycles. The first-order valence-corrected chi connectivity index (χ1v) is 11.6. The summed E-state index contributed by atoms with van der Waals surface area (Å²) in [5, 5.41) is 12.1. The standard InChI is InChI=1S/C27H23N3OS/c1-3-10-21(11-4-1)18-30-26(28-29-27(30)32-20-22-12-5-2-6-13-22)19-31-25-17-9-15-23-14-7-8-16-24(23)25/h1-17H,18-20H2. The molecule has 158 valence electrons. The fraction of sp³-hybridized carbons (Fsp3) is 0.111. The van der Waals surface area contributed by atoms with Gasteiger partial charge in [-0.3, -0.25) is 4.57 Å². The maximum absolute atomic E-state index is 6.23. The summed E-state index contributed by atoms with van der Waals surface area (Å²) in [6.45, 7) is 1.07. The average molecular weight is 438 g/mol. The molecule has 0 aliphatic heterocycles. The fourth-order valence-electron chi connectivity index (χ4n) is 3.64. The molecular formula is C27H23N3OS. The van der Waals surface area contributed by atoms with Gasteiger partial charge in [0.15, 0.2) is 11.0 Å². The van der Waals surface area contributed by atoms with Crippen molar-refractivity contribution in [2.75, 3.05) is 0 Å². The zero-order valence-electron chi connectivity index (χ0n) is 17.6. The van der Waals surface area contributed by atoms with E-state index in [1.54, 1.807) is 11.8 Å². The molecule has 5 heteroatoms. The second-order valence-corrected chi connectivity index (χ2v) is 8.45. The molecule has 0 atom stereocenters. The lowest BCUT2D eigenvalue weighted by Gasteiger charge is -2.12. The molecule has 0 saturated heterocycles. The number of benzene rings is 4. The van der Waals surface area contributed by atoms with E-state index in [0.717, 1.165) is 33.3 Å². The van der Waals surface area contributed by atoms with E-state index < -0.39 is 0 Å². The number of ether oxygens (including phenoxy) is 1. The van der Waals surface area contributed by atoms with Crippen LogP contribution in [0.5, 0.6) is 5.75 Å². The van der Waals surface area contributed by atoms with Crippen LogP contribution in [-0.2, 0) is 18.9 Å². The summed E-state index contributed by atoms with van der Waals surface area (Å²) in [6.07, 6.45) is 0. The van der Waals surface area contributed by atoms with Crippen LogP contribution in [0.1, 0.15) is 17.0 Å². The van der Waals surface area contributed by atoms with Gasteiger partial charge in [-0.15, -0.1) is 10.2 Å². The van der Waals surface area contributed by atoms with E-state index in [1.807, 2.05) is 36.4 Å². The monoisotopic (exact) mass is 437 g/mol. The van der Waals surface area contributed by atoms with Crippen molar-refractivity contribution in [3.63, 3.8) is 0 Å². The van der Waals surface area contributed by atoms with Crippen molar-refractivity contribution >= 4 is 22.5 Å². The van der Waals surface area contributed by atoms with Gasteiger partial charge < -0.3 is 4.74 Å². The summed E-state index contributed by atoms with van der Waals surface area (Å²) < 4.78 is 8.39. The molecule has 5 aromatic rings. The lowest BCUT2D eigenvalue weighted by molar-refractivity contribution is 0.292. The smallest absolute Gasteiger partial charge is 0.191 e. The number of hydrogen-bond donors (Lipinski definition) is 0. The van der Waals surface area contributed by atoms with Gasteiger partial charge in [0.05, 0.1) is 6.54 Å². The maximum atomic E-state index is 6.23. The zero-order valence-corrected chi connectivity index (χ0v) is 18.4. The fourth-order valence-corrected chi connectivity index (χ4v) is 4.56. The van der Waals surface area contributed by atoms with Gasteiger partial charge in [0.1, 0.15) is 12.4 Å². The van der Waals surface area contributed by atoms with Crippen LogP contribution in [0, 0.1) is 0 Å². The number of aromatic nitrogens is 3. The Labute approximate surface area is 191 Å². The number of rotatable bonds is 8. The van der Waals surface area contributed by atoms with E-state index in [4.69, 9.17) is 4.74 Å². The highest BCUT2D eigenvalue weighted by atomic mass is 32.2. The van der Waals surface area contributed by atoms with Gasteiger partial charge in [0.2, 0.25) is 0 Å². The first-order chi connectivity index (χ1) is 15.9. The Morgan fingerprint density at radius 1 is 0.688 bits per heavy atom. The van der Waals surface area contributed by atoms with Crippen LogP contribution in [0.3, 0.4) is 0 Å². The molecule has 0 fully saturated rings. The Morgan fingerprint density at radius 3 is 2.19 bits per heavy atom. The Morgan fingerprint density at radius 2 is 1.38 bits per heavy atom. The Hall–Kier alpha value is -3.57. The van der Waals surface area contributed by atoms with Crippen LogP contribution in [0.25, 0.3) is 10.8 Å². The third-order valence-electron chi connectivity index (χ3n) is 5.29. The Balaban J connectivity index is 1.40. The lowest BCUT2D eigenvalue weighted by Crippen LogP contribution is -2.09. The highest BCUT2D eigenvalue weighted by Gasteiger charge is 2.15. The van der Waals surface area contributed by atoms with Gasteiger partial charge in [-0.25, -0.2) is 0 Å². The molecular weight excluding hydrogens is 414 g/mol. The first-order valence-electron chi connectivity index (χ1n) is 10.6. The average Bonchev–Trinajstić information content (AvgIpc) is 3.24. The largest absolute Gasteiger partial charge is 0.485 e. The second-order valence-electron chi connectivity index (χ2n) is 7.51. The van der Waals surface area contributed by atoms with E-state index >= 15 is 0 Å². The summed E-state index contributed by atoms with van der Waals surface area (Å²) in [5.74, 6) is 2.52. The number of nitrogens with zero attached hydrogens (tertiary/aromatic N) is 3. The van der Waals surface area contributed by atoms with E-state index in [0.29, 0.717) is 13.2 Å². The van der Waals surface area contributed by atoms with E-state index in [9.17, 15) is 0 Å². The molecule has 0 radical (unpaired) electrons. The van der Waals surface area contributed by atoms with Gasteiger partial charge in [0.25, 0.3) is 0 Å². The molecule has 0 unspecified atom stereocenters. The van der Waals surface area contributed by atoms with Crippen molar-refractivity contribution in [2.24, 2.45) is 0 Å². The van der Waals surface area contributed by atoms with Crippen molar-refractivity contribution in [2.45, 2.75) is 24.1 Å². The molecule has 5 rings (SSSR count). The maximum Gasteiger partial charge on any atom is 0.191 e. The summed E-state index contributed by atoms with van der Waals surface area (Å²) in [6, 6.07) is 35.2. The minimum atomic E-state index is 0.361. The molecule has 0 aliphatic carbocycles. The molecule has 1 heterocycles. The van der Waals surface area contributed by atoms with Gasteiger partial charge in [-0.2, -0.15) is 0 Å². The normalized spacial score (nSPS) is 11.0. The highest BCUT2D eigenvalue weighted by molar-refractivity contribution is 7.98. The highest BCUT2D eigenvalue weighted by Crippen LogP contribution is 2.27. The Kier molecular flexibility index (Phi) is 6.17. The molecule has 0 N–H and O–H groups in total. The molecule has 0 aliphatic rings. The minimum absolute atomic E-state index is 0.361. The van der Waals surface area contributed by atoms with Crippen molar-refractivity contribution in [3.05, 3.63) is 120 Å². The number of hydrogen-bond acceptors (Lipinski definition) is 4. The summed E-state index contributed by atoms with van der Waals surface area (Å²) in [4.78, 5) is 0. The quantitative estimate of drug-likeness (QED) is 0.265. The third-order valence-corrected chi connectivity index (χ3v) is 6.33. The van der Waals surface area contributed by atoms with E-state index in [2.05, 4.69) is 81.5 Å². The molecule has 4 nitrogen and oxygen atoms in total. The summed E-state index contributed by atoms with van der Waals surface area (Å²) in [5.41, 5.74) is 2.47. The topological polar surface area (TPSA) is 39.9 Å². The van der Waals surface area contributed by atoms with Crippen LogP contribution in [0.15, 0.2) is 108 Å². The van der Waals surface area contributed by atoms with Crippen LogP contribution >= 0.6 is 11.8 Å². The zero-order chi connectivity index (χ0) is 21.6. The van der Waals surface area contributed by atoms with Crippen LogP contribution < -0.4 is 4.74 Å². The predicted octanol–water partition coefficient (Wildman–Crippen LogP) is 6.35.